The van der Waals surface area contributed by atoms with E-state index in [4.69, 9.17) is 15.0 Å². The molecule has 0 saturated heterocycles. The molecule has 0 aliphatic heterocycles. The second-order valence-electron chi connectivity index (χ2n) is 9.83. The van der Waals surface area contributed by atoms with Gasteiger partial charge in [-0.15, -0.1) is 0 Å². The van der Waals surface area contributed by atoms with E-state index in [-0.39, 0.29) is 0 Å². The van der Waals surface area contributed by atoms with Gasteiger partial charge in [-0.2, -0.15) is 0 Å². The average Bonchev–Trinajstić information content (AvgIpc) is 3.09. The molecule has 0 spiro atoms. The predicted octanol–water partition coefficient (Wildman–Crippen LogP) is 8.66. The summed E-state index contributed by atoms with van der Waals surface area (Å²) in [5.74, 6) is 1.85. The number of pyridine rings is 2. The van der Waals surface area contributed by atoms with E-state index >= 15 is 0 Å². The van der Waals surface area contributed by atoms with Crippen LogP contribution >= 0.6 is 0 Å². The molecule has 4 aromatic carbocycles. The Morgan fingerprint density at radius 3 is 0.976 bits per heavy atom. The van der Waals surface area contributed by atoms with Crippen molar-refractivity contribution < 1.29 is 0 Å². The summed E-state index contributed by atoms with van der Waals surface area (Å²) in [5, 5.41) is 0. The average molecular weight is 540 g/mol. The van der Waals surface area contributed by atoms with Gasteiger partial charge in [0.05, 0.1) is 11.4 Å². The Hall–Kier alpha value is -5.81. The Morgan fingerprint density at radius 2 is 0.595 bits per heavy atom. The number of rotatable bonds is 6. The lowest BCUT2D eigenvalue weighted by Gasteiger charge is -2.10. The molecule has 3 heterocycles. The lowest BCUT2D eigenvalue weighted by Crippen LogP contribution is -2.00. The van der Waals surface area contributed by atoms with Crippen LogP contribution in [0.15, 0.2) is 152 Å². The van der Waals surface area contributed by atoms with E-state index in [1.165, 1.54) is 5.56 Å². The zero-order valence-corrected chi connectivity index (χ0v) is 22.7. The number of nitrogens with zero attached hydrogens (tertiary/aromatic N) is 5. The summed E-state index contributed by atoms with van der Waals surface area (Å²) in [5.41, 5.74) is 8.98. The quantitative estimate of drug-likeness (QED) is 0.212. The second kappa shape index (κ2) is 11.4. The largest absolute Gasteiger partial charge is 0.256 e. The summed E-state index contributed by atoms with van der Waals surface area (Å²) in [6.07, 6.45) is 3.60. The van der Waals surface area contributed by atoms with Gasteiger partial charge in [0.15, 0.2) is 17.5 Å². The van der Waals surface area contributed by atoms with Crippen LogP contribution in [0.3, 0.4) is 0 Å². The summed E-state index contributed by atoms with van der Waals surface area (Å²) in [4.78, 5) is 23.7. The minimum Gasteiger partial charge on any atom is -0.256 e. The summed E-state index contributed by atoms with van der Waals surface area (Å²) in [6, 6.07) is 46.9. The van der Waals surface area contributed by atoms with Crippen molar-refractivity contribution in [2.45, 2.75) is 0 Å². The van der Waals surface area contributed by atoms with Crippen molar-refractivity contribution in [3.8, 4) is 67.8 Å². The van der Waals surface area contributed by atoms with E-state index in [9.17, 15) is 0 Å². The van der Waals surface area contributed by atoms with Gasteiger partial charge in [0, 0.05) is 40.2 Å². The summed E-state index contributed by atoms with van der Waals surface area (Å²) < 4.78 is 0. The highest BCUT2D eigenvalue weighted by atomic mass is 15.0. The van der Waals surface area contributed by atoms with E-state index in [0.29, 0.717) is 17.5 Å². The maximum atomic E-state index is 4.92. The maximum absolute atomic E-state index is 4.92. The Morgan fingerprint density at radius 1 is 0.262 bits per heavy atom. The first-order valence-corrected chi connectivity index (χ1v) is 13.8. The Kier molecular flexibility index (Phi) is 6.81. The normalized spacial score (nSPS) is 10.9. The molecule has 7 aromatic rings. The molecule has 42 heavy (non-hydrogen) atoms. The van der Waals surface area contributed by atoms with Crippen LogP contribution in [0.2, 0.25) is 0 Å². The molecule has 0 N–H and O–H groups in total. The van der Waals surface area contributed by atoms with E-state index in [0.717, 1.165) is 44.8 Å². The molecule has 0 aliphatic carbocycles. The molecule has 0 radical (unpaired) electrons. The van der Waals surface area contributed by atoms with Crippen LogP contribution in [0.1, 0.15) is 0 Å². The van der Waals surface area contributed by atoms with Crippen LogP contribution in [0, 0.1) is 0 Å². The van der Waals surface area contributed by atoms with Crippen LogP contribution in [-0.4, -0.2) is 24.9 Å². The minimum atomic E-state index is 0.614. The molecular weight excluding hydrogens is 514 g/mol. The monoisotopic (exact) mass is 539 g/mol. The van der Waals surface area contributed by atoms with Crippen molar-refractivity contribution in [3.63, 3.8) is 0 Å². The number of aromatic nitrogens is 5. The SMILES string of the molecule is c1ccc(-c2ccc(-c3nc(-c4ccc(-c5ccccn5)cc4)nc(-c4ccc(-c5ccccn5)cc4)n3)cc2)cc1. The molecule has 7 rings (SSSR count). The molecule has 198 valence electrons. The highest BCUT2D eigenvalue weighted by Crippen LogP contribution is 2.29. The fraction of sp³-hybridized carbons (Fsp3) is 0. The van der Waals surface area contributed by atoms with Gasteiger partial charge in [-0.3, -0.25) is 9.97 Å². The van der Waals surface area contributed by atoms with E-state index < -0.39 is 0 Å². The molecule has 0 bridgehead atoms. The zero-order valence-electron chi connectivity index (χ0n) is 22.7. The molecule has 5 nitrogen and oxygen atoms in total. The lowest BCUT2D eigenvalue weighted by atomic mass is 10.0. The molecule has 0 aliphatic rings. The van der Waals surface area contributed by atoms with Crippen LogP contribution in [0.25, 0.3) is 67.8 Å². The van der Waals surface area contributed by atoms with Crippen molar-refractivity contribution in [2.24, 2.45) is 0 Å². The van der Waals surface area contributed by atoms with Gasteiger partial charge in [-0.05, 0) is 35.4 Å². The molecule has 5 heteroatoms. The third kappa shape index (κ3) is 5.31. The van der Waals surface area contributed by atoms with Gasteiger partial charge in [0.25, 0.3) is 0 Å². The Labute approximate surface area is 244 Å². The van der Waals surface area contributed by atoms with Gasteiger partial charge in [0.1, 0.15) is 0 Å². The molecule has 0 saturated carbocycles. The van der Waals surface area contributed by atoms with Gasteiger partial charge in [0.2, 0.25) is 0 Å². The minimum absolute atomic E-state index is 0.614. The van der Waals surface area contributed by atoms with Gasteiger partial charge < -0.3 is 0 Å². The van der Waals surface area contributed by atoms with Crippen molar-refractivity contribution in [2.75, 3.05) is 0 Å². The fourth-order valence-electron chi connectivity index (χ4n) is 4.85. The fourth-order valence-corrected chi connectivity index (χ4v) is 4.85. The molecule has 0 amide bonds. The van der Waals surface area contributed by atoms with Gasteiger partial charge in [-0.1, -0.05) is 115 Å². The van der Waals surface area contributed by atoms with Crippen LogP contribution < -0.4 is 0 Å². The summed E-state index contributed by atoms with van der Waals surface area (Å²) >= 11 is 0. The number of benzene rings is 4. The maximum Gasteiger partial charge on any atom is 0.164 e. The van der Waals surface area contributed by atoms with E-state index in [1.54, 1.807) is 12.4 Å². The molecular formula is C37H25N5. The second-order valence-corrected chi connectivity index (χ2v) is 9.83. The Bertz CT molecular complexity index is 1680. The standard InChI is InChI=1S/C37H25N5/c1-2-8-26(9-3-1)27-12-18-30(19-13-27)35-40-36(31-20-14-28(15-21-31)33-10-4-6-24-38-33)42-37(41-35)32-22-16-29(17-23-32)34-11-5-7-25-39-34/h1-25H. The highest BCUT2D eigenvalue weighted by Gasteiger charge is 2.13. The number of hydrogen-bond acceptors (Lipinski definition) is 5. The summed E-state index contributed by atoms with van der Waals surface area (Å²) in [6.45, 7) is 0. The van der Waals surface area contributed by atoms with Crippen molar-refractivity contribution in [1.29, 1.82) is 0 Å². The van der Waals surface area contributed by atoms with Crippen LogP contribution in [0.4, 0.5) is 0 Å². The first-order chi connectivity index (χ1) is 20.8. The summed E-state index contributed by atoms with van der Waals surface area (Å²) in [7, 11) is 0. The van der Waals surface area contributed by atoms with E-state index in [1.807, 2.05) is 78.9 Å². The predicted molar refractivity (Wildman–Crippen MR) is 168 cm³/mol. The van der Waals surface area contributed by atoms with Gasteiger partial charge >= 0.3 is 0 Å². The molecule has 0 atom stereocenters. The molecule has 0 unspecified atom stereocenters. The van der Waals surface area contributed by atoms with Crippen molar-refractivity contribution in [1.82, 2.24) is 24.9 Å². The number of hydrogen-bond donors (Lipinski definition) is 0. The van der Waals surface area contributed by atoms with Gasteiger partial charge in [-0.25, -0.2) is 15.0 Å². The third-order valence-electron chi connectivity index (χ3n) is 7.09. The molecule has 3 aromatic heterocycles. The third-order valence-corrected chi connectivity index (χ3v) is 7.09. The van der Waals surface area contributed by atoms with Crippen molar-refractivity contribution >= 4 is 0 Å². The first-order valence-electron chi connectivity index (χ1n) is 13.8. The van der Waals surface area contributed by atoms with Crippen LogP contribution in [-0.2, 0) is 0 Å². The van der Waals surface area contributed by atoms with Crippen LogP contribution in [0.5, 0.6) is 0 Å². The van der Waals surface area contributed by atoms with Crippen molar-refractivity contribution in [3.05, 3.63) is 152 Å². The van der Waals surface area contributed by atoms with E-state index in [2.05, 4.69) is 70.6 Å². The first kappa shape index (κ1) is 25.2. The molecule has 0 fully saturated rings. The zero-order chi connectivity index (χ0) is 28.1. The lowest BCUT2D eigenvalue weighted by molar-refractivity contribution is 1.07. The Balaban J connectivity index is 1.29. The smallest absolute Gasteiger partial charge is 0.164 e. The topological polar surface area (TPSA) is 64.5 Å². The highest BCUT2D eigenvalue weighted by molar-refractivity contribution is 5.72.